The van der Waals surface area contributed by atoms with E-state index in [1.165, 1.54) is 4.68 Å². The molecule has 0 radical (unpaired) electrons. The highest BCUT2D eigenvalue weighted by molar-refractivity contribution is 6.33. The number of carbonyl (C=O) groups excluding carboxylic acids is 1. The number of nitrogens with zero attached hydrogens (tertiary/aromatic N) is 5. The van der Waals surface area contributed by atoms with Crippen LogP contribution in [0, 0.1) is 0 Å². The molecule has 3 rings (SSSR count). The largest absolute Gasteiger partial charge is 0.344 e. The highest BCUT2D eigenvalue weighted by Gasteiger charge is 2.23. The summed E-state index contributed by atoms with van der Waals surface area (Å²) >= 11 is 6.21. The number of aryl methyl sites for hydroxylation is 2. The third-order valence-electron chi connectivity index (χ3n) is 3.93. The van der Waals surface area contributed by atoms with Crippen LogP contribution in [-0.4, -0.2) is 30.7 Å². The van der Waals surface area contributed by atoms with Crippen molar-refractivity contribution < 1.29 is 4.79 Å². The van der Waals surface area contributed by atoms with Gasteiger partial charge in [-0.1, -0.05) is 41.9 Å². The van der Waals surface area contributed by atoms with Crippen molar-refractivity contribution in [3.8, 4) is 5.69 Å². The molecule has 1 atom stereocenters. The normalized spacial score (nSPS) is 12.2. The zero-order chi connectivity index (χ0) is 18.0. The molecule has 0 fully saturated rings. The van der Waals surface area contributed by atoms with E-state index in [0.717, 1.165) is 5.69 Å². The molecule has 1 unspecified atom stereocenters. The number of halogens is 1. The summed E-state index contributed by atoms with van der Waals surface area (Å²) in [6, 6.07) is 9.35. The van der Waals surface area contributed by atoms with Gasteiger partial charge in [-0.05, 0) is 25.5 Å². The number of rotatable bonds is 5. The predicted octanol–water partition coefficient (Wildman–Crippen LogP) is 2.71. The number of carbonyl (C=O) groups is 1. The Morgan fingerprint density at radius 2 is 2.04 bits per heavy atom. The number of aromatic nitrogens is 5. The molecule has 3 aromatic rings. The number of nitrogens with one attached hydrogen (secondary N) is 1. The summed E-state index contributed by atoms with van der Waals surface area (Å²) in [5.41, 5.74) is 2.65. The molecule has 25 heavy (non-hydrogen) atoms. The average Bonchev–Trinajstić information content (AvgIpc) is 3.21. The smallest absolute Gasteiger partial charge is 0.256 e. The monoisotopic (exact) mass is 358 g/mol. The minimum Gasteiger partial charge on any atom is -0.344 e. The third-order valence-corrected chi connectivity index (χ3v) is 4.37. The van der Waals surface area contributed by atoms with Crippen molar-refractivity contribution in [1.29, 1.82) is 0 Å². The second-order valence-electron chi connectivity index (χ2n) is 5.71. The van der Waals surface area contributed by atoms with Crippen LogP contribution >= 0.6 is 11.6 Å². The fourth-order valence-corrected chi connectivity index (χ4v) is 2.79. The van der Waals surface area contributed by atoms with Crippen molar-refractivity contribution in [2.45, 2.75) is 26.3 Å². The van der Waals surface area contributed by atoms with Gasteiger partial charge < -0.3 is 5.32 Å². The van der Waals surface area contributed by atoms with Crippen molar-refractivity contribution >= 4 is 17.5 Å². The fourth-order valence-electron chi connectivity index (χ4n) is 2.55. The van der Waals surface area contributed by atoms with Gasteiger partial charge in [0.15, 0.2) is 0 Å². The van der Waals surface area contributed by atoms with Crippen LogP contribution in [0.2, 0.25) is 5.15 Å². The van der Waals surface area contributed by atoms with Gasteiger partial charge in [-0.2, -0.15) is 5.10 Å². The lowest BCUT2D eigenvalue weighted by Gasteiger charge is -2.11. The van der Waals surface area contributed by atoms with Gasteiger partial charge in [-0.25, -0.2) is 4.68 Å². The molecule has 0 aliphatic rings. The van der Waals surface area contributed by atoms with Crippen LogP contribution in [0.3, 0.4) is 0 Å². The van der Waals surface area contributed by atoms with Gasteiger partial charge in [0.1, 0.15) is 10.8 Å². The number of para-hydroxylation sites is 1. The standard InChI is InChI=1S/C17H19ClN6O/c1-4-13-15(16(18)23(3)21-13)17(25)19-11(2)14-10-24(22-20-14)12-8-6-5-7-9-12/h5-11H,4H2,1-3H3,(H,19,25). The third kappa shape index (κ3) is 3.41. The maximum absolute atomic E-state index is 12.6. The topological polar surface area (TPSA) is 77.6 Å². The first kappa shape index (κ1) is 17.2. The zero-order valence-electron chi connectivity index (χ0n) is 14.3. The van der Waals surface area contributed by atoms with Crippen LogP contribution in [0.5, 0.6) is 0 Å². The maximum atomic E-state index is 12.6. The molecule has 1 N–H and O–H groups in total. The number of benzene rings is 1. The zero-order valence-corrected chi connectivity index (χ0v) is 15.0. The minimum atomic E-state index is -0.314. The summed E-state index contributed by atoms with van der Waals surface area (Å²) in [5, 5.41) is 15.8. The molecular formula is C17H19ClN6O. The molecule has 7 nitrogen and oxygen atoms in total. The van der Waals surface area contributed by atoms with Crippen molar-refractivity contribution in [2.75, 3.05) is 0 Å². The fraction of sp³-hybridized carbons (Fsp3) is 0.294. The highest BCUT2D eigenvalue weighted by atomic mass is 35.5. The summed E-state index contributed by atoms with van der Waals surface area (Å²) in [7, 11) is 1.72. The number of hydrogen-bond donors (Lipinski definition) is 1. The summed E-state index contributed by atoms with van der Waals surface area (Å²) in [6.07, 6.45) is 2.42. The van der Waals surface area contributed by atoms with E-state index < -0.39 is 0 Å². The quantitative estimate of drug-likeness (QED) is 0.760. The lowest BCUT2D eigenvalue weighted by molar-refractivity contribution is 0.0938. The summed E-state index contributed by atoms with van der Waals surface area (Å²) in [6.45, 7) is 3.79. The molecule has 130 valence electrons. The van der Waals surface area contributed by atoms with Crippen molar-refractivity contribution in [1.82, 2.24) is 30.1 Å². The minimum absolute atomic E-state index is 0.267. The lowest BCUT2D eigenvalue weighted by Crippen LogP contribution is -2.27. The summed E-state index contributed by atoms with van der Waals surface area (Å²) in [5.74, 6) is -0.267. The Morgan fingerprint density at radius 3 is 2.72 bits per heavy atom. The molecule has 0 saturated carbocycles. The van der Waals surface area contributed by atoms with E-state index >= 15 is 0 Å². The molecule has 0 aliphatic carbocycles. The van der Waals surface area contributed by atoms with Gasteiger partial charge in [0.2, 0.25) is 0 Å². The Bertz CT molecular complexity index is 886. The van der Waals surface area contributed by atoms with E-state index in [1.54, 1.807) is 17.9 Å². The van der Waals surface area contributed by atoms with Crippen LogP contribution < -0.4 is 5.32 Å². The average molecular weight is 359 g/mol. The molecule has 0 aliphatic heterocycles. The number of amides is 1. The Labute approximate surface area is 150 Å². The van der Waals surface area contributed by atoms with E-state index in [0.29, 0.717) is 28.5 Å². The Morgan fingerprint density at radius 1 is 1.32 bits per heavy atom. The Kier molecular flexibility index (Phi) is 4.85. The first-order chi connectivity index (χ1) is 12.0. The van der Waals surface area contributed by atoms with Gasteiger partial charge in [0, 0.05) is 7.05 Å². The van der Waals surface area contributed by atoms with Crippen LogP contribution in [0.1, 0.15) is 41.6 Å². The summed E-state index contributed by atoms with van der Waals surface area (Å²) < 4.78 is 3.18. The van der Waals surface area contributed by atoms with Crippen LogP contribution in [0.15, 0.2) is 36.5 Å². The van der Waals surface area contributed by atoms with Gasteiger partial charge >= 0.3 is 0 Å². The molecule has 0 spiro atoms. The van der Waals surface area contributed by atoms with Gasteiger partial charge in [-0.3, -0.25) is 9.48 Å². The van der Waals surface area contributed by atoms with Crippen LogP contribution in [0.25, 0.3) is 5.69 Å². The van der Waals surface area contributed by atoms with Gasteiger partial charge in [0.25, 0.3) is 5.91 Å². The molecule has 1 amide bonds. The van der Waals surface area contributed by atoms with Crippen LogP contribution in [-0.2, 0) is 13.5 Å². The maximum Gasteiger partial charge on any atom is 0.256 e. The van der Waals surface area contributed by atoms with Gasteiger partial charge in [-0.15, -0.1) is 5.10 Å². The van der Waals surface area contributed by atoms with Crippen molar-refractivity contribution in [3.63, 3.8) is 0 Å². The first-order valence-electron chi connectivity index (χ1n) is 8.01. The molecular weight excluding hydrogens is 340 g/mol. The Hall–Kier alpha value is -2.67. The highest BCUT2D eigenvalue weighted by Crippen LogP contribution is 2.21. The molecule has 2 heterocycles. The molecule has 8 heteroatoms. The molecule has 1 aromatic carbocycles. The lowest BCUT2D eigenvalue weighted by atomic mass is 10.1. The second kappa shape index (κ2) is 7.06. The first-order valence-corrected chi connectivity index (χ1v) is 8.39. The van der Waals surface area contributed by atoms with E-state index in [-0.39, 0.29) is 11.9 Å². The van der Waals surface area contributed by atoms with Gasteiger partial charge in [0.05, 0.1) is 29.2 Å². The van der Waals surface area contributed by atoms with Crippen molar-refractivity contribution in [2.24, 2.45) is 7.05 Å². The van der Waals surface area contributed by atoms with E-state index in [4.69, 9.17) is 11.6 Å². The molecule has 2 aromatic heterocycles. The molecule has 0 saturated heterocycles. The molecule has 0 bridgehead atoms. The Balaban J connectivity index is 1.78. The van der Waals surface area contributed by atoms with Crippen molar-refractivity contribution in [3.05, 3.63) is 58.6 Å². The second-order valence-corrected chi connectivity index (χ2v) is 6.07. The number of hydrogen-bond acceptors (Lipinski definition) is 4. The predicted molar refractivity (Wildman–Crippen MR) is 94.8 cm³/mol. The SMILES string of the molecule is CCc1nn(C)c(Cl)c1C(=O)NC(C)c1cn(-c2ccccc2)nn1. The van der Waals surface area contributed by atoms with E-state index in [9.17, 15) is 4.79 Å². The van der Waals surface area contributed by atoms with E-state index in [1.807, 2.05) is 44.2 Å². The van der Waals surface area contributed by atoms with Crippen LogP contribution in [0.4, 0.5) is 0 Å². The van der Waals surface area contributed by atoms with E-state index in [2.05, 4.69) is 20.7 Å². The summed E-state index contributed by atoms with van der Waals surface area (Å²) in [4.78, 5) is 12.6.